The molecule has 0 radical (unpaired) electrons. The summed E-state index contributed by atoms with van der Waals surface area (Å²) in [7, 11) is 0. The molecule has 0 amide bonds. The van der Waals surface area contributed by atoms with E-state index in [9.17, 15) is 8.78 Å². The SMILES string of the molecule is Cc1cc(F)c(C(Cl)c2ccccc2C(C)(C)C)cc1F. The van der Waals surface area contributed by atoms with Crippen molar-refractivity contribution in [2.24, 2.45) is 0 Å². The van der Waals surface area contributed by atoms with Crippen molar-refractivity contribution in [3.63, 3.8) is 0 Å². The van der Waals surface area contributed by atoms with Gasteiger partial charge < -0.3 is 0 Å². The van der Waals surface area contributed by atoms with Crippen LogP contribution in [0.4, 0.5) is 8.78 Å². The summed E-state index contributed by atoms with van der Waals surface area (Å²) in [5, 5.41) is -0.712. The van der Waals surface area contributed by atoms with Crippen LogP contribution in [0, 0.1) is 18.6 Å². The van der Waals surface area contributed by atoms with E-state index in [2.05, 4.69) is 20.8 Å². The van der Waals surface area contributed by atoms with Crippen molar-refractivity contribution in [2.45, 2.75) is 38.5 Å². The molecule has 0 saturated carbocycles. The lowest BCUT2D eigenvalue weighted by molar-refractivity contribution is 0.571. The normalized spacial score (nSPS) is 13.3. The van der Waals surface area contributed by atoms with E-state index in [0.717, 1.165) is 11.1 Å². The van der Waals surface area contributed by atoms with Gasteiger partial charge >= 0.3 is 0 Å². The molecule has 1 atom stereocenters. The van der Waals surface area contributed by atoms with Gasteiger partial charge in [0.2, 0.25) is 0 Å². The Bertz CT molecular complexity index is 657. The van der Waals surface area contributed by atoms with E-state index in [0.29, 0.717) is 0 Å². The van der Waals surface area contributed by atoms with Gasteiger partial charge in [-0.05, 0) is 41.2 Å². The summed E-state index contributed by atoms with van der Waals surface area (Å²) in [6.07, 6.45) is 0. The molecule has 112 valence electrons. The number of rotatable bonds is 2. The summed E-state index contributed by atoms with van der Waals surface area (Å²) in [5.41, 5.74) is 2.18. The first-order chi connectivity index (χ1) is 9.71. The second kappa shape index (κ2) is 5.76. The molecule has 0 aliphatic carbocycles. The monoisotopic (exact) mass is 308 g/mol. The molecule has 21 heavy (non-hydrogen) atoms. The maximum Gasteiger partial charge on any atom is 0.128 e. The standard InChI is InChI=1S/C18H19ClF2/c1-11-9-16(21)13(10-15(11)20)17(19)12-7-5-6-8-14(12)18(2,3)4/h5-10,17H,1-4H3. The molecule has 0 saturated heterocycles. The van der Waals surface area contributed by atoms with Gasteiger partial charge in [0.1, 0.15) is 11.6 Å². The van der Waals surface area contributed by atoms with Gasteiger partial charge in [-0.15, -0.1) is 11.6 Å². The van der Waals surface area contributed by atoms with E-state index >= 15 is 0 Å². The molecule has 0 heterocycles. The van der Waals surface area contributed by atoms with E-state index in [-0.39, 0.29) is 16.5 Å². The average molecular weight is 309 g/mol. The summed E-state index contributed by atoms with van der Waals surface area (Å²) in [5.74, 6) is -0.914. The Kier molecular flexibility index (Phi) is 4.38. The molecule has 2 aromatic rings. The quantitative estimate of drug-likeness (QED) is 0.606. The second-order valence-corrected chi connectivity index (χ2v) is 6.76. The van der Waals surface area contributed by atoms with E-state index in [1.54, 1.807) is 0 Å². The highest BCUT2D eigenvalue weighted by Crippen LogP contribution is 2.37. The molecule has 2 aromatic carbocycles. The molecule has 0 aromatic heterocycles. The highest BCUT2D eigenvalue weighted by atomic mass is 35.5. The molecular formula is C18H19ClF2. The molecule has 0 fully saturated rings. The smallest absolute Gasteiger partial charge is 0.128 e. The van der Waals surface area contributed by atoms with Crippen LogP contribution in [0.5, 0.6) is 0 Å². The summed E-state index contributed by atoms with van der Waals surface area (Å²) in [4.78, 5) is 0. The summed E-state index contributed by atoms with van der Waals surface area (Å²) in [6, 6.07) is 10.0. The predicted molar refractivity (Wildman–Crippen MR) is 83.9 cm³/mol. The van der Waals surface area contributed by atoms with Crippen LogP contribution in [-0.4, -0.2) is 0 Å². The van der Waals surface area contributed by atoms with Crippen molar-refractivity contribution in [2.75, 3.05) is 0 Å². The fourth-order valence-electron chi connectivity index (χ4n) is 2.42. The van der Waals surface area contributed by atoms with E-state index in [1.807, 2.05) is 24.3 Å². The minimum atomic E-state index is -0.712. The van der Waals surface area contributed by atoms with Crippen molar-refractivity contribution in [1.29, 1.82) is 0 Å². The summed E-state index contributed by atoms with van der Waals surface area (Å²) in [6.45, 7) is 7.75. The van der Waals surface area contributed by atoms with Crippen LogP contribution in [0.25, 0.3) is 0 Å². The number of benzene rings is 2. The van der Waals surface area contributed by atoms with Crippen molar-refractivity contribution in [3.05, 3.63) is 70.3 Å². The maximum atomic E-state index is 14.1. The zero-order chi connectivity index (χ0) is 15.8. The molecule has 0 aliphatic heterocycles. The van der Waals surface area contributed by atoms with Crippen LogP contribution in [0.2, 0.25) is 0 Å². The Hall–Kier alpha value is -1.41. The van der Waals surface area contributed by atoms with Gasteiger partial charge in [-0.2, -0.15) is 0 Å². The number of aryl methyl sites for hydroxylation is 1. The number of alkyl halides is 1. The molecule has 0 aliphatic rings. The van der Waals surface area contributed by atoms with E-state index < -0.39 is 17.0 Å². The fourth-order valence-corrected chi connectivity index (χ4v) is 2.78. The first-order valence-electron chi connectivity index (χ1n) is 6.91. The van der Waals surface area contributed by atoms with Gasteiger partial charge in [0.25, 0.3) is 0 Å². The summed E-state index contributed by atoms with van der Waals surface area (Å²) >= 11 is 6.47. The lowest BCUT2D eigenvalue weighted by atomic mass is 9.82. The van der Waals surface area contributed by atoms with Crippen LogP contribution in [-0.2, 0) is 5.41 Å². The molecule has 0 bridgehead atoms. The Labute approximate surface area is 129 Å². The first-order valence-corrected chi connectivity index (χ1v) is 7.34. The Morgan fingerprint density at radius 2 is 1.57 bits per heavy atom. The van der Waals surface area contributed by atoms with Crippen LogP contribution >= 0.6 is 11.6 Å². The zero-order valence-corrected chi connectivity index (χ0v) is 13.4. The van der Waals surface area contributed by atoms with Crippen LogP contribution in [0.15, 0.2) is 36.4 Å². The largest absolute Gasteiger partial charge is 0.207 e. The molecule has 1 unspecified atom stereocenters. The van der Waals surface area contributed by atoms with Gasteiger partial charge in [0.15, 0.2) is 0 Å². The lowest BCUT2D eigenvalue weighted by Gasteiger charge is -2.25. The lowest BCUT2D eigenvalue weighted by Crippen LogP contribution is -2.15. The molecule has 0 spiro atoms. The minimum Gasteiger partial charge on any atom is -0.207 e. The minimum absolute atomic E-state index is 0.122. The molecule has 0 nitrogen and oxygen atoms in total. The first kappa shape index (κ1) is 16.0. The summed E-state index contributed by atoms with van der Waals surface area (Å²) < 4.78 is 27.9. The fraction of sp³-hybridized carbons (Fsp3) is 0.333. The third-order valence-corrected chi connectivity index (χ3v) is 4.06. The van der Waals surface area contributed by atoms with Crippen molar-refractivity contribution >= 4 is 11.6 Å². The third-order valence-electron chi connectivity index (χ3n) is 3.59. The predicted octanol–water partition coefficient (Wildman–Crippen LogP) is 5.90. The van der Waals surface area contributed by atoms with Gasteiger partial charge in [0.05, 0.1) is 5.38 Å². The van der Waals surface area contributed by atoms with Crippen molar-refractivity contribution in [1.82, 2.24) is 0 Å². The molecule has 0 N–H and O–H groups in total. The Morgan fingerprint density at radius 3 is 2.19 bits per heavy atom. The van der Waals surface area contributed by atoms with E-state index in [1.165, 1.54) is 19.1 Å². The Balaban J connectivity index is 2.56. The number of hydrogen-bond acceptors (Lipinski definition) is 0. The van der Waals surface area contributed by atoms with Gasteiger partial charge in [-0.25, -0.2) is 8.78 Å². The average Bonchev–Trinajstić information content (AvgIpc) is 2.41. The van der Waals surface area contributed by atoms with Crippen LogP contribution < -0.4 is 0 Å². The topological polar surface area (TPSA) is 0 Å². The van der Waals surface area contributed by atoms with Gasteiger partial charge in [-0.3, -0.25) is 0 Å². The number of halogens is 3. The van der Waals surface area contributed by atoms with Crippen LogP contribution in [0.1, 0.15) is 48.4 Å². The van der Waals surface area contributed by atoms with E-state index in [4.69, 9.17) is 11.6 Å². The number of hydrogen-bond donors (Lipinski definition) is 0. The van der Waals surface area contributed by atoms with Crippen molar-refractivity contribution < 1.29 is 8.78 Å². The second-order valence-electron chi connectivity index (χ2n) is 6.32. The van der Waals surface area contributed by atoms with Crippen LogP contribution in [0.3, 0.4) is 0 Å². The van der Waals surface area contributed by atoms with Gasteiger partial charge in [0, 0.05) is 5.56 Å². The Morgan fingerprint density at radius 1 is 0.952 bits per heavy atom. The zero-order valence-electron chi connectivity index (χ0n) is 12.7. The maximum absolute atomic E-state index is 14.1. The highest BCUT2D eigenvalue weighted by molar-refractivity contribution is 6.22. The molecule has 3 heteroatoms. The van der Waals surface area contributed by atoms with Crippen molar-refractivity contribution in [3.8, 4) is 0 Å². The highest BCUT2D eigenvalue weighted by Gasteiger charge is 2.24. The third kappa shape index (κ3) is 3.26. The van der Waals surface area contributed by atoms with Gasteiger partial charge in [-0.1, -0.05) is 45.0 Å². The molecule has 2 rings (SSSR count). The molecular weight excluding hydrogens is 290 g/mol.